The number of aliphatic carboxylic acids is 1. The normalized spacial score (nSPS) is 12.5. The molecular formula is C15H17NO2S. The van der Waals surface area contributed by atoms with Crippen LogP contribution in [0.2, 0.25) is 0 Å². The molecule has 1 unspecified atom stereocenters. The molecule has 4 heteroatoms. The molecule has 0 saturated heterocycles. The van der Waals surface area contributed by atoms with Crippen molar-refractivity contribution in [1.82, 2.24) is 4.90 Å². The Morgan fingerprint density at radius 3 is 2.53 bits per heavy atom. The summed E-state index contributed by atoms with van der Waals surface area (Å²) in [5, 5.41) is 11.5. The Balaban J connectivity index is 2.24. The highest BCUT2D eigenvalue weighted by atomic mass is 32.1. The van der Waals surface area contributed by atoms with E-state index >= 15 is 0 Å². The number of hydrogen-bond acceptors (Lipinski definition) is 3. The molecule has 2 aromatic rings. The van der Waals surface area contributed by atoms with E-state index in [1.54, 1.807) is 11.3 Å². The molecule has 1 N–H and O–H groups in total. The smallest absolute Gasteiger partial charge is 0.325 e. The van der Waals surface area contributed by atoms with Crippen molar-refractivity contribution in [1.29, 1.82) is 0 Å². The van der Waals surface area contributed by atoms with E-state index in [0.29, 0.717) is 13.1 Å². The summed E-state index contributed by atoms with van der Waals surface area (Å²) in [7, 11) is 0. The van der Waals surface area contributed by atoms with E-state index < -0.39 is 12.0 Å². The van der Waals surface area contributed by atoms with Crippen molar-refractivity contribution in [2.75, 3.05) is 6.54 Å². The van der Waals surface area contributed by atoms with E-state index in [-0.39, 0.29) is 0 Å². The molecule has 2 rings (SSSR count). The zero-order chi connectivity index (χ0) is 13.7. The molecule has 1 atom stereocenters. The number of carbonyl (C=O) groups is 1. The average molecular weight is 275 g/mol. The second-order valence-corrected chi connectivity index (χ2v) is 5.33. The van der Waals surface area contributed by atoms with Gasteiger partial charge in [0, 0.05) is 11.4 Å². The fraction of sp³-hybridized carbons (Fsp3) is 0.267. The molecule has 1 aromatic heterocycles. The second-order valence-electron chi connectivity index (χ2n) is 4.29. The molecule has 3 nitrogen and oxygen atoms in total. The van der Waals surface area contributed by atoms with Gasteiger partial charge >= 0.3 is 5.97 Å². The van der Waals surface area contributed by atoms with Crippen LogP contribution in [0.4, 0.5) is 0 Å². The van der Waals surface area contributed by atoms with E-state index in [0.717, 1.165) is 5.56 Å². The van der Waals surface area contributed by atoms with Gasteiger partial charge < -0.3 is 5.11 Å². The van der Waals surface area contributed by atoms with Gasteiger partial charge in [-0.05, 0) is 23.6 Å². The summed E-state index contributed by atoms with van der Waals surface area (Å²) < 4.78 is 0. The van der Waals surface area contributed by atoms with Crippen molar-refractivity contribution < 1.29 is 9.90 Å². The maximum absolute atomic E-state index is 11.6. The Morgan fingerprint density at radius 1 is 1.26 bits per heavy atom. The first-order valence-electron chi connectivity index (χ1n) is 6.26. The largest absolute Gasteiger partial charge is 0.480 e. The van der Waals surface area contributed by atoms with Crippen molar-refractivity contribution in [2.45, 2.75) is 19.5 Å². The van der Waals surface area contributed by atoms with Crippen LogP contribution in [0.25, 0.3) is 0 Å². The number of nitrogens with zero attached hydrogens (tertiary/aromatic N) is 1. The van der Waals surface area contributed by atoms with Crippen molar-refractivity contribution >= 4 is 17.3 Å². The molecule has 0 amide bonds. The highest BCUT2D eigenvalue weighted by Gasteiger charge is 2.26. The Labute approximate surface area is 117 Å². The van der Waals surface area contributed by atoms with E-state index in [1.165, 1.54) is 4.88 Å². The summed E-state index contributed by atoms with van der Waals surface area (Å²) in [6.07, 6.45) is 0. The number of benzene rings is 1. The molecule has 0 radical (unpaired) electrons. The Hall–Kier alpha value is -1.65. The van der Waals surface area contributed by atoms with Gasteiger partial charge in [0.25, 0.3) is 0 Å². The number of carboxylic acid groups (broad SMARTS) is 1. The fourth-order valence-corrected chi connectivity index (χ4v) is 2.86. The summed E-state index contributed by atoms with van der Waals surface area (Å²) in [4.78, 5) is 14.8. The van der Waals surface area contributed by atoms with Gasteiger partial charge in [-0.15, -0.1) is 11.3 Å². The predicted octanol–water partition coefficient (Wildman–Crippen LogP) is 3.40. The van der Waals surface area contributed by atoms with Gasteiger partial charge in [-0.3, -0.25) is 9.69 Å². The Morgan fingerprint density at radius 2 is 2.00 bits per heavy atom. The first-order valence-corrected chi connectivity index (χ1v) is 7.14. The monoisotopic (exact) mass is 275 g/mol. The molecule has 0 aliphatic rings. The molecule has 0 saturated carbocycles. The van der Waals surface area contributed by atoms with Gasteiger partial charge in [0.2, 0.25) is 0 Å². The lowest BCUT2D eigenvalue weighted by molar-refractivity contribution is -0.143. The van der Waals surface area contributed by atoms with Crippen LogP contribution in [0.5, 0.6) is 0 Å². The van der Waals surface area contributed by atoms with Crippen LogP contribution in [-0.2, 0) is 11.3 Å². The van der Waals surface area contributed by atoms with Crippen LogP contribution < -0.4 is 0 Å². The first-order chi connectivity index (χ1) is 9.22. The topological polar surface area (TPSA) is 40.5 Å². The average Bonchev–Trinajstić information content (AvgIpc) is 2.91. The molecule has 0 aliphatic carbocycles. The molecule has 0 spiro atoms. The van der Waals surface area contributed by atoms with Crippen LogP contribution in [-0.4, -0.2) is 22.5 Å². The SMILES string of the molecule is CCN(Cc1cccs1)C(C(=O)O)c1ccccc1. The molecule has 1 heterocycles. The molecule has 0 bridgehead atoms. The van der Waals surface area contributed by atoms with Gasteiger partial charge in [0.15, 0.2) is 0 Å². The zero-order valence-electron chi connectivity index (χ0n) is 10.8. The van der Waals surface area contributed by atoms with Gasteiger partial charge in [0.05, 0.1) is 0 Å². The summed E-state index contributed by atoms with van der Waals surface area (Å²) in [5.41, 5.74) is 0.827. The summed E-state index contributed by atoms with van der Waals surface area (Å²) >= 11 is 1.66. The summed E-state index contributed by atoms with van der Waals surface area (Å²) in [6, 6.07) is 12.8. The number of thiophene rings is 1. The standard InChI is InChI=1S/C15H17NO2S/c1-2-16(11-13-9-6-10-19-13)14(15(17)18)12-7-4-3-5-8-12/h3-10,14H,2,11H2,1H3,(H,17,18). The third kappa shape index (κ3) is 3.43. The lowest BCUT2D eigenvalue weighted by Gasteiger charge is -2.27. The fourth-order valence-electron chi connectivity index (χ4n) is 2.13. The number of likely N-dealkylation sites (N-methyl/N-ethyl adjacent to an activating group) is 1. The summed E-state index contributed by atoms with van der Waals surface area (Å²) in [6.45, 7) is 3.36. The van der Waals surface area contributed by atoms with E-state index in [9.17, 15) is 9.90 Å². The maximum atomic E-state index is 11.6. The van der Waals surface area contributed by atoms with Crippen molar-refractivity contribution in [2.24, 2.45) is 0 Å². The van der Waals surface area contributed by atoms with Gasteiger partial charge in [-0.25, -0.2) is 0 Å². The molecule has 0 aliphatic heterocycles. The highest BCUT2D eigenvalue weighted by Crippen LogP contribution is 2.24. The number of rotatable bonds is 6. The van der Waals surface area contributed by atoms with E-state index in [2.05, 4.69) is 0 Å². The minimum absolute atomic E-state index is 0.590. The number of carboxylic acids is 1. The minimum atomic E-state index is -0.801. The first kappa shape index (κ1) is 13.8. The zero-order valence-corrected chi connectivity index (χ0v) is 11.6. The third-order valence-electron chi connectivity index (χ3n) is 3.06. The van der Waals surface area contributed by atoms with Crippen LogP contribution >= 0.6 is 11.3 Å². The van der Waals surface area contributed by atoms with Crippen LogP contribution in [0.15, 0.2) is 47.8 Å². The predicted molar refractivity (Wildman–Crippen MR) is 77.2 cm³/mol. The minimum Gasteiger partial charge on any atom is -0.480 e. The molecular weight excluding hydrogens is 258 g/mol. The van der Waals surface area contributed by atoms with Crippen LogP contribution in [0.1, 0.15) is 23.4 Å². The number of hydrogen-bond donors (Lipinski definition) is 1. The quantitative estimate of drug-likeness (QED) is 0.878. The maximum Gasteiger partial charge on any atom is 0.325 e. The molecule has 100 valence electrons. The van der Waals surface area contributed by atoms with E-state index in [4.69, 9.17) is 0 Å². The second kappa shape index (κ2) is 6.50. The van der Waals surface area contributed by atoms with Crippen molar-refractivity contribution in [3.8, 4) is 0 Å². The molecule has 0 fully saturated rings. The Bertz CT molecular complexity index is 510. The van der Waals surface area contributed by atoms with Gasteiger partial charge in [-0.2, -0.15) is 0 Å². The molecule has 1 aromatic carbocycles. The van der Waals surface area contributed by atoms with Crippen LogP contribution in [0.3, 0.4) is 0 Å². The summed E-state index contributed by atoms with van der Waals surface area (Å²) in [5.74, 6) is -0.801. The van der Waals surface area contributed by atoms with Gasteiger partial charge in [-0.1, -0.05) is 43.3 Å². The lowest BCUT2D eigenvalue weighted by atomic mass is 10.1. The lowest BCUT2D eigenvalue weighted by Crippen LogP contribution is -2.33. The third-order valence-corrected chi connectivity index (χ3v) is 3.92. The highest BCUT2D eigenvalue weighted by molar-refractivity contribution is 7.09. The van der Waals surface area contributed by atoms with Crippen molar-refractivity contribution in [3.05, 3.63) is 58.3 Å². The van der Waals surface area contributed by atoms with Crippen molar-refractivity contribution in [3.63, 3.8) is 0 Å². The van der Waals surface area contributed by atoms with Crippen LogP contribution in [0, 0.1) is 0 Å². The van der Waals surface area contributed by atoms with E-state index in [1.807, 2.05) is 59.7 Å². The van der Waals surface area contributed by atoms with Gasteiger partial charge in [0.1, 0.15) is 6.04 Å². The Kier molecular flexibility index (Phi) is 4.71. The molecule has 19 heavy (non-hydrogen) atoms.